The minimum Gasteiger partial charge on any atom is -0.369 e. The van der Waals surface area contributed by atoms with Crippen LogP contribution in [0.5, 0.6) is 0 Å². The summed E-state index contributed by atoms with van der Waals surface area (Å²) in [5.74, 6) is 0. The third-order valence-electron chi connectivity index (χ3n) is 4.64. The molecule has 1 fully saturated rings. The van der Waals surface area contributed by atoms with Gasteiger partial charge in [0.2, 0.25) is 0 Å². The maximum absolute atomic E-state index is 3.65. The van der Waals surface area contributed by atoms with Crippen LogP contribution < -0.4 is 4.90 Å². The quantitative estimate of drug-likeness (QED) is 0.802. The van der Waals surface area contributed by atoms with E-state index in [1.807, 2.05) is 0 Å². The second-order valence-electron chi connectivity index (χ2n) is 6.07. The Bertz CT molecular complexity index is 646. The van der Waals surface area contributed by atoms with E-state index < -0.39 is 0 Å². The van der Waals surface area contributed by atoms with Gasteiger partial charge in [0.25, 0.3) is 0 Å². The van der Waals surface area contributed by atoms with E-state index in [1.54, 1.807) is 0 Å². The van der Waals surface area contributed by atoms with Crippen molar-refractivity contribution in [1.82, 2.24) is 4.90 Å². The Morgan fingerprint density at radius 2 is 1.64 bits per heavy atom. The van der Waals surface area contributed by atoms with E-state index in [-0.39, 0.29) is 0 Å². The monoisotopic (exact) mass is 358 g/mol. The van der Waals surface area contributed by atoms with Crippen molar-refractivity contribution in [2.24, 2.45) is 0 Å². The molecule has 1 heterocycles. The van der Waals surface area contributed by atoms with Gasteiger partial charge in [-0.15, -0.1) is 0 Å². The summed E-state index contributed by atoms with van der Waals surface area (Å²) >= 11 is 3.65. The number of rotatable bonds is 3. The summed E-state index contributed by atoms with van der Waals surface area (Å²) in [4.78, 5) is 5.07. The van der Waals surface area contributed by atoms with Crippen LogP contribution in [-0.4, -0.2) is 31.1 Å². The SMILES string of the molecule is Cc1cccc(N2CCN(Cc3ccccc3Br)CC2)c1C. The lowest BCUT2D eigenvalue weighted by Gasteiger charge is -2.37. The normalized spacial score (nSPS) is 16.0. The second-order valence-corrected chi connectivity index (χ2v) is 6.93. The first-order valence-corrected chi connectivity index (χ1v) is 8.71. The number of nitrogens with zero attached hydrogens (tertiary/aromatic N) is 2. The van der Waals surface area contributed by atoms with E-state index >= 15 is 0 Å². The van der Waals surface area contributed by atoms with E-state index in [0.29, 0.717) is 0 Å². The Kier molecular flexibility index (Phi) is 4.84. The van der Waals surface area contributed by atoms with E-state index in [2.05, 4.69) is 82.0 Å². The molecule has 3 rings (SSSR count). The third kappa shape index (κ3) is 3.36. The molecule has 116 valence electrons. The van der Waals surface area contributed by atoms with Crippen molar-refractivity contribution in [2.45, 2.75) is 20.4 Å². The maximum Gasteiger partial charge on any atom is 0.0399 e. The fourth-order valence-corrected chi connectivity index (χ4v) is 3.50. The summed E-state index contributed by atoms with van der Waals surface area (Å²) in [6.45, 7) is 9.91. The second kappa shape index (κ2) is 6.84. The molecule has 22 heavy (non-hydrogen) atoms. The van der Waals surface area contributed by atoms with Gasteiger partial charge in [-0.25, -0.2) is 0 Å². The van der Waals surface area contributed by atoms with Crippen LogP contribution in [0.25, 0.3) is 0 Å². The lowest BCUT2D eigenvalue weighted by molar-refractivity contribution is 0.249. The average Bonchev–Trinajstić information content (AvgIpc) is 2.53. The molecule has 0 radical (unpaired) electrons. The highest BCUT2D eigenvalue weighted by molar-refractivity contribution is 9.10. The van der Waals surface area contributed by atoms with Gasteiger partial charge in [0.15, 0.2) is 0 Å². The molecule has 1 saturated heterocycles. The van der Waals surface area contributed by atoms with E-state index in [9.17, 15) is 0 Å². The van der Waals surface area contributed by atoms with Crippen molar-refractivity contribution in [1.29, 1.82) is 0 Å². The summed E-state index contributed by atoms with van der Waals surface area (Å²) in [7, 11) is 0. The zero-order chi connectivity index (χ0) is 15.5. The zero-order valence-corrected chi connectivity index (χ0v) is 14.9. The number of piperazine rings is 1. The summed E-state index contributed by atoms with van der Waals surface area (Å²) < 4.78 is 1.21. The zero-order valence-electron chi connectivity index (χ0n) is 13.3. The highest BCUT2D eigenvalue weighted by atomic mass is 79.9. The lowest BCUT2D eigenvalue weighted by atomic mass is 10.1. The van der Waals surface area contributed by atoms with Gasteiger partial charge in [0.05, 0.1) is 0 Å². The number of halogens is 1. The molecular weight excluding hydrogens is 336 g/mol. The van der Waals surface area contributed by atoms with Gasteiger partial charge in [-0.3, -0.25) is 4.90 Å². The molecule has 0 aliphatic carbocycles. The largest absolute Gasteiger partial charge is 0.369 e. The molecule has 0 aromatic heterocycles. The van der Waals surface area contributed by atoms with Crippen LogP contribution >= 0.6 is 15.9 Å². The molecule has 3 heteroatoms. The Labute approximate surface area is 141 Å². The maximum atomic E-state index is 3.65. The molecule has 0 bridgehead atoms. The third-order valence-corrected chi connectivity index (χ3v) is 5.41. The fourth-order valence-electron chi connectivity index (χ4n) is 3.09. The summed E-state index contributed by atoms with van der Waals surface area (Å²) in [5, 5.41) is 0. The first-order chi connectivity index (χ1) is 10.6. The van der Waals surface area contributed by atoms with Crippen LogP contribution in [-0.2, 0) is 6.54 Å². The Morgan fingerprint density at radius 3 is 2.36 bits per heavy atom. The van der Waals surface area contributed by atoms with Crippen molar-refractivity contribution in [2.75, 3.05) is 31.1 Å². The highest BCUT2D eigenvalue weighted by Crippen LogP contribution is 2.25. The molecule has 1 aliphatic rings. The predicted molar refractivity (Wildman–Crippen MR) is 97.5 cm³/mol. The number of anilines is 1. The summed E-state index contributed by atoms with van der Waals surface area (Å²) in [6.07, 6.45) is 0. The molecule has 0 unspecified atom stereocenters. The van der Waals surface area contributed by atoms with E-state index in [4.69, 9.17) is 0 Å². The molecule has 0 saturated carbocycles. The molecule has 0 spiro atoms. The van der Waals surface area contributed by atoms with Gasteiger partial charge < -0.3 is 4.90 Å². The molecule has 2 aromatic rings. The van der Waals surface area contributed by atoms with Crippen LogP contribution in [0.1, 0.15) is 16.7 Å². The van der Waals surface area contributed by atoms with E-state index in [1.165, 1.54) is 26.9 Å². The van der Waals surface area contributed by atoms with Gasteiger partial charge in [0.1, 0.15) is 0 Å². The van der Waals surface area contributed by atoms with Crippen LogP contribution in [0.2, 0.25) is 0 Å². The van der Waals surface area contributed by atoms with Crippen molar-refractivity contribution in [3.05, 3.63) is 63.6 Å². The Hall–Kier alpha value is -1.32. The van der Waals surface area contributed by atoms with Crippen molar-refractivity contribution in [3.63, 3.8) is 0 Å². The Morgan fingerprint density at radius 1 is 0.909 bits per heavy atom. The van der Waals surface area contributed by atoms with E-state index in [0.717, 1.165) is 32.7 Å². The van der Waals surface area contributed by atoms with Crippen molar-refractivity contribution in [3.8, 4) is 0 Å². The summed E-state index contributed by atoms with van der Waals surface area (Å²) in [6, 6.07) is 15.2. The van der Waals surface area contributed by atoms with Gasteiger partial charge in [-0.1, -0.05) is 46.3 Å². The first kappa shape index (κ1) is 15.6. The smallest absolute Gasteiger partial charge is 0.0399 e. The van der Waals surface area contributed by atoms with Gasteiger partial charge >= 0.3 is 0 Å². The van der Waals surface area contributed by atoms with Gasteiger partial charge in [0, 0.05) is 42.9 Å². The molecular formula is C19H23BrN2. The predicted octanol–water partition coefficient (Wildman–Crippen LogP) is 4.39. The average molecular weight is 359 g/mol. The van der Waals surface area contributed by atoms with Crippen LogP contribution in [0, 0.1) is 13.8 Å². The fraction of sp³-hybridized carbons (Fsp3) is 0.368. The minimum absolute atomic E-state index is 1.03. The van der Waals surface area contributed by atoms with Crippen molar-refractivity contribution >= 4 is 21.6 Å². The first-order valence-electron chi connectivity index (χ1n) is 7.92. The van der Waals surface area contributed by atoms with Crippen LogP contribution in [0.3, 0.4) is 0 Å². The van der Waals surface area contributed by atoms with Gasteiger partial charge in [-0.05, 0) is 42.7 Å². The molecule has 2 aromatic carbocycles. The minimum atomic E-state index is 1.03. The van der Waals surface area contributed by atoms with Crippen LogP contribution in [0.4, 0.5) is 5.69 Å². The molecule has 1 aliphatic heterocycles. The highest BCUT2D eigenvalue weighted by Gasteiger charge is 2.19. The van der Waals surface area contributed by atoms with Crippen LogP contribution in [0.15, 0.2) is 46.9 Å². The summed E-state index contributed by atoms with van der Waals surface area (Å²) in [5.41, 5.74) is 5.58. The standard InChI is InChI=1S/C19H23BrN2/c1-15-6-5-9-19(16(15)2)22-12-10-21(11-13-22)14-17-7-3-4-8-18(17)20/h3-9H,10-14H2,1-2H3. The number of hydrogen-bond acceptors (Lipinski definition) is 2. The van der Waals surface area contributed by atoms with Crippen molar-refractivity contribution < 1.29 is 0 Å². The lowest BCUT2D eigenvalue weighted by Crippen LogP contribution is -2.46. The van der Waals surface area contributed by atoms with Gasteiger partial charge in [-0.2, -0.15) is 0 Å². The molecule has 0 atom stereocenters. The molecule has 0 amide bonds. The molecule has 2 nitrogen and oxygen atoms in total. The number of aryl methyl sites for hydroxylation is 1. The number of hydrogen-bond donors (Lipinski definition) is 0. The number of benzene rings is 2. The Balaban J connectivity index is 1.63. The molecule has 0 N–H and O–H groups in total. The topological polar surface area (TPSA) is 6.48 Å².